The lowest BCUT2D eigenvalue weighted by Crippen LogP contribution is -2.19. The van der Waals surface area contributed by atoms with Crippen molar-refractivity contribution in [2.45, 2.75) is 12.5 Å². The third-order valence-corrected chi connectivity index (χ3v) is 3.99. The van der Waals surface area contributed by atoms with Crippen molar-refractivity contribution >= 4 is 15.0 Å². The summed E-state index contributed by atoms with van der Waals surface area (Å²) in [5.74, 6) is 0. The maximum Gasteiger partial charge on any atom is 0.321 e. The number of hydrogen-bond donors (Lipinski definition) is 1. The minimum atomic E-state index is -1.41. The quantitative estimate of drug-likeness (QED) is 0.590. The first-order valence-corrected chi connectivity index (χ1v) is 6.42. The highest BCUT2D eigenvalue weighted by atomic mass is 28.3. The molecule has 1 aromatic rings. The Morgan fingerprint density at radius 1 is 1.14 bits per heavy atom. The number of rotatable bonds is 5. The number of aryl methyl sites for hydroxylation is 1. The highest BCUT2D eigenvalue weighted by Crippen LogP contribution is 2.09. The summed E-state index contributed by atoms with van der Waals surface area (Å²) in [7, 11) is 2.02. The first-order chi connectivity index (χ1) is 6.76. The van der Waals surface area contributed by atoms with E-state index in [-0.39, 0.29) is 0 Å². The standard InChI is InChI=1S/C10H17NO2Si/c1-12-14(13-2)8-7-9-3-5-10(11)6-4-9/h3-6,14H,7-8,11H2,1-2H3. The molecule has 0 aliphatic rings. The number of anilines is 1. The number of nitrogen functional groups attached to an aromatic ring is 1. The Balaban J connectivity index is 2.41. The lowest BCUT2D eigenvalue weighted by molar-refractivity contribution is 0.277. The zero-order chi connectivity index (χ0) is 10.4. The van der Waals surface area contributed by atoms with Crippen molar-refractivity contribution in [3.63, 3.8) is 0 Å². The molecule has 2 N–H and O–H groups in total. The Labute approximate surface area is 86.7 Å². The minimum absolute atomic E-state index is 0.807. The molecule has 0 saturated heterocycles. The Morgan fingerprint density at radius 2 is 1.71 bits per heavy atom. The van der Waals surface area contributed by atoms with Crippen molar-refractivity contribution in [1.82, 2.24) is 0 Å². The molecule has 0 saturated carbocycles. The van der Waals surface area contributed by atoms with Gasteiger partial charge in [0, 0.05) is 19.9 Å². The van der Waals surface area contributed by atoms with E-state index in [4.69, 9.17) is 14.6 Å². The summed E-state index contributed by atoms with van der Waals surface area (Å²) in [6, 6.07) is 8.94. The van der Waals surface area contributed by atoms with E-state index < -0.39 is 9.28 Å². The second kappa shape index (κ2) is 5.80. The van der Waals surface area contributed by atoms with Crippen LogP contribution in [-0.2, 0) is 15.3 Å². The van der Waals surface area contributed by atoms with E-state index in [1.165, 1.54) is 5.56 Å². The van der Waals surface area contributed by atoms with Gasteiger partial charge in [-0.3, -0.25) is 0 Å². The molecule has 1 rings (SSSR count). The zero-order valence-corrected chi connectivity index (χ0v) is 9.85. The average Bonchev–Trinajstić information content (AvgIpc) is 2.22. The lowest BCUT2D eigenvalue weighted by atomic mass is 10.2. The Bertz CT molecular complexity index is 259. The molecule has 0 atom stereocenters. The van der Waals surface area contributed by atoms with Gasteiger partial charge in [-0.2, -0.15) is 0 Å². The Hall–Kier alpha value is -0.843. The lowest BCUT2D eigenvalue weighted by Gasteiger charge is -2.10. The van der Waals surface area contributed by atoms with Crippen LogP contribution in [-0.4, -0.2) is 23.5 Å². The molecule has 0 unspecified atom stereocenters. The summed E-state index contributed by atoms with van der Waals surface area (Å²) in [5, 5.41) is 0. The van der Waals surface area contributed by atoms with Crippen molar-refractivity contribution in [3.8, 4) is 0 Å². The van der Waals surface area contributed by atoms with Gasteiger partial charge in [-0.1, -0.05) is 12.1 Å². The molecule has 3 nitrogen and oxygen atoms in total. The summed E-state index contributed by atoms with van der Waals surface area (Å²) in [5.41, 5.74) is 7.68. The predicted molar refractivity (Wildman–Crippen MR) is 60.5 cm³/mol. The molecule has 1 aromatic carbocycles. The topological polar surface area (TPSA) is 44.5 Å². The van der Waals surface area contributed by atoms with Crippen LogP contribution < -0.4 is 5.73 Å². The fourth-order valence-electron chi connectivity index (χ4n) is 1.30. The molecular formula is C10H17NO2Si. The second-order valence-corrected chi connectivity index (χ2v) is 5.56. The molecule has 78 valence electrons. The summed E-state index contributed by atoms with van der Waals surface area (Å²) in [4.78, 5) is 0. The van der Waals surface area contributed by atoms with E-state index in [1.54, 1.807) is 14.2 Å². The van der Waals surface area contributed by atoms with Crippen LogP contribution in [0, 0.1) is 0 Å². The van der Waals surface area contributed by atoms with E-state index in [2.05, 4.69) is 0 Å². The summed E-state index contributed by atoms with van der Waals surface area (Å²) in [6.45, 7) is 0. The van der Waals surface area contributed by atoms with Crippen LogP contribution in [0.3, 0.4) is 0 Å². The smallest absolute Gasteiger partial charge is 0.321 e. The maximum absolute atomic E-state index is 5.59. The Morgan fingerprint density at radius 3 is 2.21 bits per heavy atom. The molecule has 0 amide bonds. The molecule has 0 fully saturated rings. The highest BCUT2D eigenvalue weighted by molar-refractivity contribution is 6.44. The van der Waals surface area contributed by atoms with Crippen molar-refractivity contribution in [3.05, 3.63) is 29.8 Å². The molecule has 14 heavy (non-hydrogen) atoms. The molecular weight excluding hydrogens is 194 g/mol. The molecule has 4 heteroatoms. The van der Waals surface area contributed by atoms with E-state index >= 15 is 0 Å². The van der Waals surface area contributed by atoms with Crippen LogP contribution in [0.4, 0.5) is 5.69 Å². The van der Waals surface area contributed by atoms with Crippen molar-refractivity contribution in [1.29, 1.82) is 0 Å². The van der Waals surface area contributed by atoms with Crippen LogP contribution in [0.2, 0.25) is 6.04 Å². The van der Waals surface area contributed by atoms with Crippen LogP contribution in [0.15, 0.2) is 24.3 Å². The predicted octanol–water partition coefficient (Wildman–Crippen LogP) is 1.32. The second-order valence-electron chi connectivity index (χ2n) is 3.18. The fourth-order valence-corrected chi connectivity index (χ4v) is 2.53. The summed E-state index contributed by atoms with van der Waals surface area (Å²) < 4.78 is 10.5. The van der Waals surface area contributed by atoms with Crippen molar-refractivity contribution in [2.24, 2.45) is 0 Å². The van der Waals surface area contributed by atoms with Gasteiger partial charge in [-0.05, 0) is 30.2 Å². The number of nitrogens with two attached hydrogens (primary N) is 1. The van der Waals surface area contributed by atoms with E-state index in [0.717, 1.165) is 18.2 Å². The van der Waals surface area contributed by atoms with Crippen molar-refractivity contribution in [2.75, 3.05) is 20.0 Å². The normalized spacial score (nSPS) is 10.8. The van der Waals surface area contributed by atoms with Crippen molar-refractivity contribution < 1.29 is 8.85 Å². The zero-order valence-electron chi connectivity index (χ0n) is 8.69. The molecule has 0 aliphatic carbocycles. The number of hydrogen-bond acceptors (Lipinski definition) is 3. The Kier molecular flexibility index (Phi) is 4.65. The minimum Gasteiger partial charge on any atom is -0.400 e. The van der Waals surface area contributed by atoms with Crippen LogP contribution in [0.5, 0.6) is 0 Å². The van der Waals surface area contributed by atoms with Gasteiger partial charge in [-0.15, -0.1) is 0 Å². The fraction of sp³-hybridized carbons (Fsp3) is 0.400. The summed E-state index contributed by atoms with van der Waals surface area (Å²) in [6.07, 6.45) is 0.999. The molecule has 0 bridgehead atoms. The molecule has 0 aromatic heterocycles. The van der Waals surface area contributed by atoms with E-state index in [0.29, 0.717) is 0 Å². The average molecular weight is 211 g/mol. The van der Waals surface area contributed by atoms with Gasteiger partial charge < -0.3 is 14.6 Å². The maximum atomic E-state index is 5.59. The van der Waals surface area contributed by atoms with Gasteiger partial charge in [0.25, 0.3) is 0 Å². The van der Waals surface area contributed by atoms with E-state index in [1.807, 2.05) is 24.3 Å². The molecule has 0 spiro atoms. The largest absolute Gasteiger partial charge is 0.400 e. The van der Waals surface area contributed by atoms with Gasteiger partial charge in [0.2, 0.25) is 0 Å². The highest BCUT2D eigenvalue weighted by Gasteiger charge is 2.08. The molecule has 0 aliphatic heterocycles. The monoisotopic (exact) mass is 211 g/mol. The van der Waals surface area contributed by atoms with Gasteiger partial charge in [0.1, 0.15) is 0 Å². The molecule has 0 radical (unpaired) electrons. The van der Waals surface area contributed by atoms with Crippen LogP contribution >= 0.6 is 0 Å². The van der Waals surface area contributed by atoms with Crippen LogP contribution in [0.1, 0.15) is 5.56 Å². The van der Waals surface area contributed by atoms with Gasteiger partial charge in [0.15, 0.2) is 0 Å². The third-order valence-electron chi connectivity index (χ3n) is 2.17. The first-order valence-electron chi connectivity index (χ1n) is 4.66. The SMILES string of the molecule is CO[SiH](CCc1ccc(N)cc1)OC. The summed E-state index contributed by atoms with van der Waals surface area (Å²) >= 11 is 0. The number of benzene rings is 1. The van der Waals surface area contributed by atoms with Gasteiger partial charge in [0.05, 0.1) is 0 Å². The van der Waals surface area contributed by atoms with Crippen LogP contribution in [0.25, 0.3) is 0 Å². The van der Waals surface area contributed by atoms with Gasteiger partial charge >= 0.3 is 9.28 Å². The first kappa shape index (κ1) is 11.2. The molecule has 0 heterocycles. The van der Waals surface area contributed by atoms with Gasteiger partial charge in [-0.25, -0.2) is 0 Å². The van der Waals surface area contributed by atoms with E-state index in [9.17, 15) is 0 Å². The third kappa shape index (κ3) is 3.49.